The minimum Gasteiger partial charge on any atom is -0.323 e. The lowest BCUT2D eigenvalue weighted by Gasteiger charge is -2.29. The van der Waals surface area contributed by atoms with Gasteiger partial charge in [-0.1, -0.05) is 27.7 Å². The molecule has 0 aromatic rings. The van der Waals surface area contributed by atoms with E-state index in [1.165, 1.54) is 0 Å². The molecule has 0 saturated carbocycles. The van der Waals surface area contributed by atoms with E-state index in [0.29, 0.717) is 12.0 Å². The summed E-state index contributed by atoms with van der Waals surface area (Å²) in [6.45, 7) is 10.6. The van der Waals surface area contributed by atoms with Gasteiger partial charge in [0.1, 0.15) is 0 Å². The number of nitrogens with zero attached hydrogens (tertiary/aromatic N) is 1. The highest BCUT2D eigenvalue weighted by molar-refractivity contribution is 5.84. The summed E-state index contributed by atoms with van der Waals surface area (Å²) in [4.78, 5) is 14.2. The molecule has 1 rings (SSSR count). The summed E-state index contributed by atoms with van der Waals surface area (Å²) in [5.41, 5.74) is 0. The maximum atomic E-state index is 12.2. The summed E-state index contributed by atoms with van der Waals surface area (Å²) < 4.78 is 0. The molecule has 1 amide bonds. The van der Waals surface area contributed by atoms with Crippen LogP contribution in [-0.2, 0) is 4.79 Å². The Morgan fingerprint density at radius 1 is 1.33 bits per heavy atom. The summed E-state index contributed by atoms with van der Waals surface area (Å²) in [6.07, 6.45) is 2.24. The van der Waals surface area contributed by atoms with Gasteiger partial charge in [-0.3, -0.25) is 10.1 Å². The molecule has 3 heteroatoms. The van der Waals surface area contributed by atoms with Crippen molar-refractivity contribution in [2.24, 2.45) is 5.92 Å². The van der Waals surface area contributed by atoms with Crippen molar-refractivity contribution in [1.82, 2.24) is 10.2 Å². The Bertz CT molecular complexity index is 228. The predicted octanol–water partition coefficient (Wildman–Crippen LogP) is 1.98. The zero-order valence-corrected chi connectivity index (χ0v) is 10.6. The lowest BCUT2D eigenvalue weighted by molar-refractivity contribution is -0.132. The van der Waals surface area contributed by atoms with E-state index in [2.05, 4.69) is 39.9 Å². The van der Waals surface area contributed by atoms with Crippen molar-refractivity contribution in [2.45, 2.75) is 65.7 Å². The molecule has 0 aromatic carbocycles. The molecule has 3 nitrogen and oxygen atoms in total. The molecule has 88 valence electrons. The van der Waals surface area contributed by atoms with Gasteiger partial charge < -0.3 is 4.90 Å². The number of nitrogens with one attached hydrogen (secondary N) is 1. The molecule has 1 N–H and O–H groups in total. The van der Waals surface area contributed by atoms with E-state index in [9.17, 15) is 4.79 Å². The van der Waals surface area contributed by atoms with E-state index in [4.69, 9.17) is 0 Å². The van der Waals surface area contributed by atoms with Crippen LogP contribution >= 0.6 is 0 Å². The summed E-state index contributed by atoms with van der Waals surface area (Å²) in [7, 11) is 0. The second-order valence-corrected chi connectivity index (χ2v) is 4.82. The van der Waals surface area contributed by atoms with Gasteiger partial charge in [-0.15, -0.1) is 0 Å². The van der Waals surface area contributed by atoms with E-state index in [0.717, 1.165) is 12.8 Å². The minimum atomic E-state index is 0.0175. The molecule has 1 aliphatic heterocycles. The predicted molar refractivity (Wildman–Crippen MR) is 62.4 cm³/mol. The molecule has 0 aromatic heterocycles. The quantitative estimate of drug-likeness (QED) is 0.773. The van der Waals surface area contributed by atoms with Gasteiger partial charge in [-0.2, -0.15) is 0 Å². The fourth-order valence-electron chi connectivity index (χ4n) is 2.19. The molecule has 0 aliphatic carbocycles. The van der Waals surface area contributed by atoms with Crippen LogP contribution in [0, 0.1) is 5.92 Å². The van der Waals surface area contributed by atoms with Crippen molar-refractivity contribution in [3.05, 3.63) is 0 Å². The van der Waals surface area contributed by atoms with Crippen molar-refractivity contribution in [1.29, 1.82) is 0 Å². The molecule has 0 bridgehead atoms. The van der Waals surface area contributed by atoms with Crippen LogP contribution in [0.25, 0.3) is 0 Å². The third kappa shape index (κ3) is 2.33. The Labute approximate surface area is 93.2 Å². The summed E-state index contributed by atoms with van der Waals surface area (Å²) in [5.74, 6) is 0.659. The average molecular weight is 212 g/mol. The molecule has 3 unspecified atom stereocenters. The van der Waals surface area contributed by atoms with Crippen LogP contribution < -0.4 is 5.32 Å². The Kier molecular flexibility index (Phi) is 4.14. The van der Waals surface area contributed by atoms with Gasteiger partial charge in [0.2, 0.25) is 5.91 Å². The maximum Gasteiger partial charge on any atom is 0.241 e. The van der Waals surface area contributed by atoms with Crippen molar-refractivity contribution in [3.8, 4) is 0 Å². The average Bonchev–Trinajstić information content (AvgIpc) is 2.54. The van der Waals surface area contributed by atoms with E-state index in [1.54, 1.807) is 0 Å². The van der Waals surface area contributed by atoms with Gasteiger partial charge in [0, 0.05) is 6.04 Å². The van der Waals surface area contributed by atoms with Crippen LogP contribution in [-0.4, -0.2) is 29.1 Å². The van der Waals surface area contributed by atoms with Crippen molar-refractivity contribution >= 4 is 5.91 Å². The smallest absolute Gasteiger partial charge is 0.241 e. The van der Waals surface area contributed by atoms with Crippen LogP contribution in [0.2, 0.25) is 0 Å². The number of carbonyl (C=O) groups is 1. The first kappa shape index (κ1) is 12.5. The number of carbonyl (C=O) groups excluding carboxylic acids is 1. The highest BCUT2D eigenvalue weighted by Crippen LogP contribution is 2.22. The molecule has 0 spiro atoms. The Morgan fingerprint density at radius 2 is 1.93 bits per heavy atom. The lowest BCUT2D eigenvalue weighted by Crippen LogP contribution is -2.42. The lowest BCUT2D eigenvalue weighted by atomic mass is 10.0. The zero-order valence-electron chi connectivity index (χ0n) is 10.6. The van der Waals surface area contributed by atoms with Crippen molar-refractivity contribution < 1.29 is 4.79 Å². The zero-order chi connectivity index (χ0) is 11.6. The molecule has 1 heterocycles. The topological polar surface area (TPSA) is 32.3 Å². The first-order valence-electron chi connectivity index (χ1n) is 6.11. The van der Waals surface area contributed by atoms with Gasteiger partial charge in [0.25, 0.3) is 0 Å². The third-order valence-electron chi connectivity index (χ3n) is 3.35. The molecule has 15 heavy (non-hydrogen) atoms. The first-order valence-corrected chi connectivity index (χ1v) is 6.11. The third-order valence-corrected chi connectivity index (χ3v) is 3.35. The SMILES string of the molecule is CCC(C)N1C(=O)C(C(C)C)NC1CC. The highest BCUT2D eigenvalue weighted by Gasteiger charge is 2.40. The fourth-order valence-corrected chi connectivity index (χ4v) is 2.19. The largest absolute Gasteiger partial charge is 0.323 e. The van der Waals surface area contributed by atoms with Crippen LogP contribution in [0.1, 0.15) is 47.5 Å². The normalized spacial score (nSPS) is 28.9. The number of hydrogen-bond acceptors (Lipinski definition) is 2. The Morgan fingerprint density at radius 3 is 2.33 bits per heavy atom. The van der Waals surface area contributed by atoms with Crippen molar-refractivity contribution in [2.75, 3.05) is 0 Å². The molecule has 1 saturated heterocycles. The van der Waals surface area contributed by atoms with E-state index in [-0.39, 0.29) is 18.1 Å². The standard InChI is InChI=1S/C12H24N2O/c1-6-9(5)14-10(7-2)13-11(8(3)4)12(14)15/h8-11,13H,6-7H2,1-5H3. The van der Waals surface area contributed by atoms with Gasteiger partial charge in [-0.25, -0.2) is 0 Å². The summed E-state index contributed by atoms with van der Waals surface area (Å²) >= 11 is 0. The van der Waals surface area contributed by atoms with Gasteiger partial charge in [0.05, 0.1) is 12.2 Å². The van der Waals surface area contributed by atoms with Crippen molar-refractivity contribution in [3.63, 3.8) is 0 Å². The highest BCUT2D eigenvalue weighted by atomic mass is 16.2. The number of amides is 1. The second-order valence-electron chi connectivity index (χ2n) is 4.82. The molecular formula is C12H24N2O. The fraction of sp³-hybridized carbons (Fsp3) is 0.917. The minimum absolute atomic E-state index is 0.0175. The van der Waals surface area contributed by atoms with Gasteiger partial charge >= 0.3 is 0 Å². The molecule has 1 fully saturated rings. The van der Waals surface area contributed by atoms with E-state index in [1.807, 2.05) is 4.90 Å². The Balaban J connectivity index is 2.81. The maximum absolute atomic E-state index is 12.2. The van der Waals surface area contributed by atoms with Gasteiger partial charge in [-0.05, 0) is 25.7 Å². The monoisotopic (exact) mass is 212 g/mol. The van der Waals surface area contributed by atoms with E-state index < -0.39 is 0 Å². The molecule has 0 radical (unpaired) electrons. The van der Waals surface area contributed by atoms with Crippen LogP contribution in [0.5, 0.6) is 0 Å². The number of hydrogen-bond donors (Lipinski definition) is 1. The van der Waals surface area contributed by atoms with E-state index >= 15 is 0 Å². The van der Waals surface area contributed by atoms with Crippen LogP contribution in [0.4, 0.5) is 0 Å². The first-order chi connectivity index (χ1) is 7.02. The van der Waals surface area contributed by atoms with Crippen LogP contribution in [0.3, 0.4) is 0 Å². The molecular weight excluding hydrogens is 188 g/mol. The Hall–Kier alpha value is -0.570. The summed E-state index contributed by atoms with van der Waals surface area (Å²) in [5, 5.41) is 3.43. The number of rotatable bonds is 4. The van der Waals surface area contributed by atoms with Crippen LogP contribution in [0.15, 0.2) is 0 Å². The van der Waals surface area contributed by atoms with Gasteiger partial charge in [0.15, 0.2) is 0 Å². The molecule has 1 aliphatic rings. The summed E-state index contributed by atoms with van der Waals surface area (Å²) in [6, 6.07) is 0.364. The second kappa shape index (κ2) is 4.97. The molecule has 3 atom stereocenters.